The van der Waals surface area contributed by atoms with Gasteiger partial charge in [0.05, 0.1) is 23.7 Å². The summed E-state index contributed by atoms with van der Waals surface area (Å²) in [5.41, 5.74) is 3.13. The summed E-state index contributed by atoms with van der Waals surface area (Å²) in [6.07, 6.45) is 2.69. The first-order valence-corrected chi connectivity index (χ1v) is 8.55. The van der Waals surface area contributed by atoms with Crippen LogP contribution in [0.25, 0.3) is 10.9 Å². The minimum absolute atomic E-state index is 0.297. The molecule has 1 N–H and O–H groups in total. The smallest absolute Gasteiger partial charge is 0.341 e. The Morgan fingerprint density at radius 2 is 2.04 bits per heavy atom. The predicted octanol–water partition coefficient (Wildman–Crippen LogP) is 3.02. The molecule has 0 saturated carbocycles. The first kappa shape index (κ1) is 17.2. The fraction of sp³-hybridized carbons (Fsp3) is 0.421. The highest BCUT2D eigenvalue weighted by atomic mass is 16.5. The number of aryl methyl sites for hydroxylation is 1. The summed E-state index contributed by atoms with van der Waals surface area (Å²) in [6.45, 7) is 5.25. The number of carboxylic acid groups (broad SMARTS) is 1. The quantitative estimate of drug-likeness (QED) is 0.861. The minimum atomic E-state index is -0.749. The highest BCUT2D eigenvalue weighted by molar-refractivity contribution is 6.05. The Balaban J connectivity index is 2.06. The van der Waals surface area contributed by atoms with Crippen LogP contribution >= 0.6 is 0 Å². The summed E-state index contributed by atoms with van der Waals surface area (Å²) < 4.78 is 5.20. The number of carboxylic acids is 1. The zero-order valence-electron chi connectivity index (χ0n) is 14.5. The number of anilines is 1. The summed E-state index contributed by atoms with van der Waals surface area (Å²) in [5.74, 6) is -1.47. The van der Waals surface area contributed by atoms with Crippen molar-refractivity contribution in [3.63, 3.8) is 0 Å². The van der Waals surface area contributed by atoms with Crippen LogP contribution in [0.1, 0.15) is 35.7 Å². The van der Waals surface area contributed by atoms with Crippen LogP contribution in [0.3, 0.4) is 0 Å². The van der Waals surface area contributed by atoms with Gasteiger partial charge in [0.25, 0.3) is 0 Å². The standard InChI is InChI=1S/C19H22N2O4/c1-3-25-19(24)15-11-20-16-5-4-12(2)10-14(16)17(15)21-8-6-13(7-9-21)18(22)23/h4-5,10-11,13H,3,6-9H2,1-2H3,(H,22,23). The molecule has 6 nitrogen and oxygen atoms in total. The topological polar surface area (TPSA) is 79.7 Å². The van der Waals surface area contributed by atoms with Crippen molar-refractivity contribution < 1.29 is 19.4 Å². The SMILES string of the molecule is CCOC(=O)c1cnc2ccc(C)cc2c1N1CCC(C(=O)O)CC1. The number of aliphatic carboxylic acids is 1. The Kier molecular flexibility index (Phi) is 4.88. The summed E-state index contributed by atoms with van der Waals surface area (Å²) in [7, 11) is 0. The van der Waals surface area contributed by atoms with Gasteiger partial charge in [0.2, 0.25) is 0 Å². The van der Waals surface area contributed by atoms with E-state index in [-0.39, 0.29) is 5.92 Å². The molecule has 1 saturated heterocycles. The van der Waals surface area contributed by atoms with Crippen molar-refractivity contribution in [3.05, 3.63) is 35.5 Å². The van der Waals surface area contributed by atoms with Gasteiger partial charge in [0, 0.05) is 24.7 Å². The van der Waals surface area contributed by atoms with E-state index in [9.17, 15) is 14.7 Å². The molecule has 1 aromatic heterocycles. The van der Waals surface area contributed by atoms with E-state index >= 15 is 0 Å². The van der Waals surface area contributed by atoms with E-state index in [1.54, 1.807) is 13.1 Å². The molecular weight excluding hydrogens is 320 g/mol. The van der Waals surface area contributed by atoms with E-state index in [1.807, 2.05) is 25.1 Å². The Morgan fingerprint density at radius 1 is 1.32 bits per heavy atom. The lowest BCUT2D eigenvalue weighted by Crippen LogP contribution is -2.37. The molecule has 2 aromatic rings. The molecule has 0 bridgehead atoms. The number of pyridine rings is 1. The van der Waals surface area contributed by atoms with Gasteiger partial charge >= 0.3 is 11.9 Å². The number of carbonyl (C=O) groups excluding carboxylic acids is 1. The van der Waals surface area contributed by atoms with Crippen molar-refractivity contribution >= 4 is 28.5 Å². The number of hydrogen-bond donors (Lipinski definition) is 1. The van der Waals surface area contributed by atoms with E-state index in [2.05, 4.69) is 9.88 Å². The number of esters is 1. The van der Waals surface area contributed by atoms with Gasteiger partial charge in [-0.1, -0.05) is 11.6 Å². The van der Waals surface area contributed by atoms with E-state index < -0.39 is 11.9 Å². The van der Waals surface area contributed by atoms with Crippen molar-refractivity contribution in [2.75, 3.05) is 24.6 Å². The maximum Gasteiger partial charge on any atom is 0.341 e. The molecular formula is C19H22N2O4. The molecule has 0 atom stereocenters. The van der Waals surface area contributed by atoms with Gasteiger partial charge < -0.3 is 14.7 Å². The number of fused-ring (bicyclic) bond motifs is 1. The molecule has 6 heteroatoms. The molecule has 1 fully saturated rings. The van der Waals surface area contributed by atoms with E-state index in [4.69, 9.17) is 4.74 Å². The van der Waals surface area contributed by atoms with Crippen molar-refractivity contribution in [1.29, 1.82) is 0 Å². The van der Waals surface area contributed by atoms with Crippen LogP contribution in [0.4, 0.5) is 5.69 Å². The number of piperidine rings is 1. The fourth-order valence-electron chi connectivity index (χ4n) is 3.34. The van der Waals surface area contributed by atoms with Crippen molar-refractivity contribution in [3.8, 4) is 0 Å². The predicted molar refractivity (Wildman–Crippen MR) is 95.0 cm³/mol. The molecule has 0 radical (unpaired) electrons. The monoisotopic (exact) mass is 342 g/mol. The second-order valence-corrected chi connectivity index (χ2v) is 6.36. The first-order chi connectivity index (χ1) is 12.0. The third kappa shape index (κ3) is 3.43. The Labute approximate surface area is 146 Å². The second-order valence-electron chi connectivity index (χ2n) is 6.36. The van der Waals surface area contributed by atoms with Gasteiger partial charge in [-0.2, -0.15) is 0 Å². The zero-order chi connectivity index (χ0) is 18.0. The summed E-state index contributed by atoms with van der Waals surface area (Å²) in [4.78, 5) is 30.1. The largest absolute Gasteiger partial charge is 0.481 e. The van der Waals surface area contributed by atoms with Crippen LogP contribution in [0.5, 0.6) is 0 Å². The van der Waals surface area contributed by atoms with E-state index in [0.29, 0.717) is 38.1 Å². The summed E-state index contributed by atoms with van der Waals surface area (Å²) in [5, 5.41) is 10.1. The van der Waals surface area contributed by atoms with Gasteiger partial charge in [-0.25, -0.2) is 4.79 Å². The maximum absolute atomic E-state index is 12.4. The molecule has 25 heavy (non-hydrogen) atoms. The molecule has 0 aliphatic carbocycles. The van der Waals surface area contributed by atoms with Crippen LogP contribution in [-0.4, -0.2) is 41.7 Å². The van der Waals surface area contributed by atoms with Crippen LogP contribution < -0.4 is 4.90 Å². The number of rotatable bonds is 4. The number of benzene rings is 1. The Morgan fingerprint density at radius 3 is 2.68 bits per heavy atom. The normalized spacial score (nSPS) is 15.4. The molecule has 1 aliphatic heterocycles. The lowest BCUT2D eigenvalue weighted by molar-refractivity contribution is -0.142. The van der Waals surface area contributed by atoms with Crippen LogP contribution in [-0.2, 0) is 9.53 Å². The van der Waals surface area contributed by atoms with Crippen LogP contribution in [0, 0.1) is 12.8 Å². The fourth-order valence-corrected chi connectivity index (χ4v) is 3.34. The van der Waals surface area contributed by atoms with E-state index in [0.717, 1.165) is 22.2 Å². The van der Waals surface area contributed by atoms with Crippen LogP contribution in [0.15, 0.2) is 24.4 Å². The van der Waals surface area contributed by atoms with Crippen molar-refractivity contribution in [2.45, 2.75) is 26.7 Å². The average molecular weight is 342 g/mol. The first-order valence-electron chi connectivity index (χ1n) is 8.55. The molecule has 0 unspecified atom stereocenters. The molecule has 1 aromatic carbocycles. The molecule has 2 heterocycles. The van der Waals surface area contributed by atoms with Gasteiger partial charge in [0.15, 0.2) is 0 Å². The summed E-state index contributed by atoms with van der Waals surface area (Å²) >= 11 is 0. The molecule has 0 spiro atoms. The Bertz CT molecular complexity index is 810. The molecule has 1 aliphatic rings. The number of nitrogens with zero attached hydrogens (tertiary/aromatic N) is 2. The third-order valence-corrected chi connectivity index (χ3v) is 4.65. The molecule has 3 rings (SSSR count). The third-order valence-electron chi connectivity index (χ3n) is 4.65. The highest BCUT2D eigenvalue weighted by Crippen LogP contribution is 2.33. The highest BCUT2D eigenvalue weighted by Gasteiger charge is 2.28. The van der Waals surface area contributed by atoms with Gasteiger partial charge in [-0.05, 0) is 38.8 Å². The van der Waals surface area contributed by atoms with Gasteiger partial charge in [-0.3, -0.25) is 9.78 Å². The number of ether oxygens (including phenoxy) is 1. The molecule has 0 amide bonds. The van der Waals surface area contributed by atoms with Crippen molar-refractivity contribution in [2.24, 2.45) is 5.92 Å². The maximum atomic E-state index is 12.4. The van der Waals surface area contributed by atoms with E-state index in [1.165, 1.54) is 0 Å². The van der Waals surface area contributed by atoms with Crippen LogP contribution in [0.2, 0.25) is 0 Å². The number of carbonyl (C=O) groups is 2. The van der Waals surface area contributed by atoms with Crippen molar-refractivity contribution in [1.82, 2.24) is 4.98 Å². The Hall–Kier alpha value is -2.63. The van der Waals surface area contributed by atoms with Gasteiger partial charge in [0.1, 0.15) is 5.56 Å². The van der Waals surface area contributed by atoms with Gasteiger partial charge in [-0.15, -0.1) is 0 Å². The lowest BCUT2D eigenvalue weighted by atomic mass is 9.95. The zero-order valence-corrected chi connectivity index (χ0v) is 14.5. The number of aromatic nitrogens is 1. The average Bonchev–Trinajstić information content (AvgIpc) is 2.61. The molecule has 132 valence electrons. The lowest BCUT2D eigenvalue weighted by Gasteiger charge is -2.33. The second kappa shape index (κ2) is 7.09. The minimum Gasteiger partial charge on any atom is -0.481 e. The summed E-state index contributed by atoms with van der Waals surface area (Å²) in [6, 6.07) is 5.94. The number of hydrogen-bond acceptors (Lipinski definition) is 5.